The number of ether oxygens (including phenoxy) is 2. The summed E-state index contributed by atoms with van der Waals surface area (Å²) in [7, 11) is 0. The molecule has 17 atom stereocenters. The van der Waals surface area contributed by atoms with E-state index in [4.69, 9.17) is 9.47 Å². The number of esters is 3. The number of hydrogen-bond donors (Lipinski definition) is 0. The van der Waals surface area contributed by atoms with Crippen molar-refractivity contribution in [2.24, 2.45) is 94.7 Å². The first-order valence-corrected chi connectivity index (χ1v) is 16.6. The Hall–Kier alpha value is -1.72. The minimum atomic E-state index is -0.574. The van der Waals surface area contributed by atoms with E-state index in [-0.39, 0.29) is 23.8 Å². The van der Waals surface area contributed by atoms with Crippen molar-refractivity contribution in [2.75, 3.05) is 0 Å². The Bertz CT molecular complexity index is 1160. The molecule has 218 valence electrons. The second-order valence-electron chi connectivity index (χ2n) is 16.1. The molecule has 0 aromatic rings. The Labute approximate surface area is 238 Å². The summed E-state index contributed by atoms with van der Waals surface area (Å²) in [6.45, 7) is 8.06. The lowest BCUT2D eigenvalue weighted by Gasteiger charge is -2.45. The molecule has 8 aliphatic rings. The molecule has 1 saturated heterocycles. The van der Waals surface area contributed by atoms with E-state index in [0.717, 1.165) is 31.6 Å². The van der Waals surface area contributed by atoms with Gasteiger partial charge in [-0.25, -0.2) is 0 Å². The molecule has 1 aliphatic heterocycles. The highest BCUT2D eigenvalue weighted by atomic mass is 16.6. The fourth-order valence-electron chi connectivity index (χ4n) is 13.6. The van der Waals surface area contributed by atoms with E-state index in [0.29, 0.717) is 71.4 Å². The third-order valence-corrected chi connectivity index (χ3v) is 14.7. The Kier molecular flexibility index (Phi) is 5.62. The fourth-order valence-corrected chi connectivity index (χ4v) is 13.6. The summed E-state index contributed by atoms with van der Waals surface area (Å²) in [5.74, 6) is 4.35. The van der Waals surface area contributed by atoms with Gasteiger partial charge in [-0.2, -0.15) is 0 Å². The van der Waals surface area contributed by atoms with E-state index in [1.54, 1.807) is 6.92 Å². The van der Waals surface area contributed by atoms with Crippen LogP contribution in [0.3, 0.4) is 0 Å². The summed E-state index contributed by atoms with van der Waals surface area (Å²) in [5.41, 5.74) is -0.393. The lowest BCUT2D eigenvalue weighted by atomic mass is 9.57. The number of cyclic esters (lactones) is 2. The molecule has 0 aromatic carbocycles. The van der Waals surface area contributed by atoms with Gasteiger partial charge < -0.3 is 9.47 Å². The van der Waals surface area contributed by atoms with E-state index in [1.807, 2.05) is 6.92 Å². The highest BCUT2D eigenvalue weighted by Crippen LogP contribution is 2.73. The van der Waals surface area contributed by atoms with Crippen molar-refractivity contribution in [3.63, 3.8) is 0 Å². The van der Waals surface area contributed by atoms with Crippen LogP contribution in [0.1, 0.15) is 85.5 Å². The molecular weight excluding hydrogens is 504 g/mol. The number of carbonyl (C=O) groups is 4. The van der Waals surface area contributed by atoms with Crippen molar-refractivity contribution in [3.8, 4) is 0 Å². The molecule has 17 unspecified atom stereocenters. The smallest absolute Gasteiger partial charge is 0.317 e. The van der Waals surface area contributed by atoms with Gasteiger partial charge >= 0.3 is 17.9 Å². The molecule has 0 radical (unpaired) electrons. The molecule has 6 heteroatoms. The Morgan fingerprint density at radius 2 is 1.70 bits per heavy atom. The van der Waals surface area contributed by atoms with E-state index >= 15 is 0 Å². The van der Waals surface area contributed by atoms with Gasteiger partial charge in [0, 0.05) is 11.8 Å². The second kappa shape index (κ2) is 8.66. The number of hydrogen-bond acceptors (Lipinski definition) is 6. The SMILES string of the molecule is CC(=O)C1CC2CC1C1C3CC(C(C)C3C3C(=O)OC(=O)C3CC(C)C(=O)OC3(C)CC4CC3C3CCCC43)C21. The van der Waals surface area contributed by atoms with Crippen molar-refractivity contribution in [1.82, 2.24) is 0 Å². The topological polar surface area (TPSA) is 86.7 Å². The molecular formula is C34H46O6. The summed E-state index contributed by atoms with van der Waals surface area (Å²) >= 11 is 0. The Balaban J connectivity index is 0.988. The van der Waals surface area contributed by atoms with Crippen LogP contribution >= 0.6 is 0 Å². The van der Waals surface area contributed by atoms with Gasteiger partial charge in [0.15, 0.2) is 0 Å². The van der Waals surface area contributed by atoms with Crippen LogP contribution in [-0.4, -0.2) is 29.3 Å². The second-order valence-corrected chi connectivity index (χ2v) is 16.1. The average Bonchev–Trinajstić information content (AvgIpc) is 3.72. The molecule has 6 bridgehead atoms. The van der Waals surface area contributed by atoms with E-state index in [1.165, 1.54) is 25.7 Å². The highest BCUT2D eigenvalue weighted by molar-refractivity contribution is 5.97. The zero-order chi connectivity index (χ0) is 27.8. The third-order valence-electron chi connectivity index (χ3n) is 14.7. The maximum absolute atomic E-state index is 13.5. The van der Waals surface area contributed by atoms with Gasteiger partial charge in [0.05, 0.1) is 17.8 Å². The summed E-state index contributed by atoms with van der Waals surface area (Å²) in [5, 5.41) is 0. The van der Waals surface area contributed by atoms with E-state index < -0.39 is 29.3 Å². The van der Waals surface area contributed by atoms with Crippen LogP contribution < -0.4 is 0 Å². The molecule has 0 spiro atoms. The van der Waals surface area contributed by atoms with E-state index in [2.05, 4.69) is 13.8 Å². The van der Waals surface area contributed by atoms with Gasteiger partial charge in [0.1, 0.15) is 11.4 Å². The summed E-state index contributed by atoms with van der Waals surface area (Å²) in [4.78, 5) is 52.4. The van der Waals surface area contributed by atoms with Crippen LogP contribution in [0.2, 0.25) is 0 Å². The third kappa shape index (κ3) is 3.34. The largest absolute Gasteiger partial charge is 0.459 e. The van der Waals surface area contributed by atoms with Crippen LogP contribution in [0, 0.1) is 94.7 Å². The molecule has 8 rings (SSSR count). The molecule has 40 heavy (non-hydrogen) atoms. The minimum Gasteiger partial charge on any atom is -0.459 e. The first kappa shape index (κ1) is 25.9. The molecule has 0 N–H and O–H groups in total. The Morgan fingerprint density at radius 3 is 2.48 bits per heavy atom. The van der Waals surface area contributed by atoms with Crippen molar-refractivity contribution < 1.29 is 28.7 Å². The quantitative estimate of drug-likeness (QED) is 0.248. The maximum Gasteiger partial charge on any atom is 0.317 e. The molecule has 7 saturated carbocycles. The van der Waals surface area contributed by atoms with Crippen molar-refractivity contribution in [3.05, 3.63) is 0 Å². The van der Waals surface area contributed by atoms with Gasteiger partial charge in [0.2, 0.25) is 0 Å². The van der Waals surface area contributed by atoms with Crippen LogP contribution in [0.25, 0.3) is 0 Å². The summed E-state index contributed by atoms with van der Waals surface area (Å²) < 4.78 is 11.6. The molecule has 0 amide bonds. The normalized spacial score (nSPS) is 55.5. The Morgan fingerprint density at radius 1 is 0.925 bits per heavy atom. The lowest BCUT2D eigenvalue weighted by molar-refractivity contribution is -0.172. The molecule has 1 heterocycles. The molecule has 8 fully saturated rings. The molecule has 7 aliphatic carbocycles. The van der Waals surface area contributed by atoms with Crippen LogP contribution in [0.15, 0.2) is 0 Å². The van der Waals surface area contributed by atoms with Crippen LogP contribution in [-0.2, 0) is 28.7 Å². The summed E-state index contributed by atoms with van der Waals surface area (Å²) in [6.07, 6.45) is 9.72. The van der Waals surface area contributed by atoms with Gasteiger partial charge in [-0.3, -0.25) is 19.2 Å². The number of carbonyl (C=O) groups excluding carboxylic acids is 4. The first-order chi connectivity index (χ1) is 19.1. The zero-order valence-electron chi connectivity index (χ0n) is 24.6. The highest BCUT2D eigenvalue weighted by Gasteiger charge is 2.70. The average molecular weight is 551 g/mol. The number of Topliss-reactive ketones (excluding diaryl/α,β-unsaturated/α-hetero) is 1. The lowest BCUT2D eigenvalue weighted by Crippen LogP contribution is -2.45. The minimum absolute atomic E-state index is 0.104. The fraction of sp³-hybridized carbons (Fsp3) is 0.882. The van der Waals surface area contributed by atoms with E-state index in [9.17, 15) is 19.2 Å². The molecule has 6 nitrogen and oxygen atoms in total. The maximum atomic E-state index is 13.5. The summed E-state index contributed by atoms with van der Waals surface area (Å²) in [6, 6.07) is 0. The predicted octanol–water partition coefficient (Wildman–Crippen LogP) is 5.47. The van der Waals surface area contributed by atoms with Crippen molar-refractivity contribution in [1.29, 1.82) is 0 Å². The number of fused-ring (bicyclic) bond motifs is 14. The van der Waals surface area contributed by atoms with Gasteiger partial charge in [0.25, 0.3) is 0 Å². The van der Waals surface area contributed by atoms with Gasteiger partial charge in [-0.1, -0.05) is 20.3 Å². The molecule has 0 aromatic heterocycles. The van der Waals surface area contributed by atoms with Crippen LogP contribution in [0.5, 0.6) is 0 Å². The van der Waals surface area contributed by atoms with Crippen LogP contribution in [0.4, 0.5) is 0 Å². The van der Waals surface area contributed by atoms with Crippen molar-refractivity contribution >= 4 is 23.7 Å². The standard InChI is InChI=1S/C34H46O6/c1-14(31(36)40-34(4)13-18-11-26(34)20-7-5-6-19(18)20)8-25-30(33(38)39-32(25)37)27-15(2)21-12-24(27)29-23-10-17(28(21)29)9-22(23)16(3)35/h14-15,17-30H,5-13H2,1-4H3. The predicted molar refractivity (Wildman–Crippen MR) is 145 cm³/mol. The number of rotatable bonds is 6. The first-order valence-electron chi connectivity index (χ1n) is 16.6. The monoisotopic (exact) mass is 550 g/mol. The zero-order valence-corrected chi connectivity index (χ0v) is 24.6. The van der Waals surface area contributed by atoms with Gasteiger partial charge in [-0.15, -0.1) is 0 Å². The van der Waals surface area contributed by atoms with Gasteiger partial charge in [-0.05, 0) is 130 Å². The van der Waals surface area contributed by atoms with Crippen molar-refractivity contribution in [2.45, 2.75) is 91.1 Å². The number of ketones is 1.